The van der Waals surface area contributed by atoms with Crippen LogP contribution in [0.1, 0.15) is 107 Å². The molecule has 1 heterocycles. The van der Waals surface area contributed by atoms with Gasteiger partial charge in [0.2, 0.25) is 0 Å². The van der Waals surface area contributed by atoms with Crippen molar-refractivity contribution in [1.82, 2.24) is 10.2 Å². The largest absolute Gasteiger partial charge is 0.481 e. The molecule has 2 aromatic rings. The van der Waals surface area contributed by atoms with Crippen molar-refractivity contribution in [1.29, 1.82) is 0 Å². The number of carboxylic acid groups (broad SMARTS) is 1. The third kappa shape index (κ3) is 7.00. The van der Waals surface area contributed by atoms with Gasteiger partial charge in [0.15, 0.2) is 0 Å². The third-order valence-electron chi connectivity index (χ3n) is 8.72. The Hall–Kier alpha value is -2.90. The van der Waals surface area contributed by atoms with Crippen molar-refractivity contribution in [2.75, 3.05) is 6.54 Å². The van der Waals surface area contributed by atoms with Crippen LogP contribution in [0.3, 0.4) is 0 Å². The molecule has 226 valence electrons. The molecule has 1 atom stereocenters. The number of hydrogen-bond donors (Lipinski definition) is 2. The number of halogens is 2. The van der Waals surface area contributed by atoms with Gasteiger partial charge in [0, 0.05) is 17.7 Å². The van der Waals surface area contributed by atoms with Gasteiger partial charge in [-0.1, -0.05) is 81.9 Å². The first kappa shape index (κ1) is 32.0. The lowest BCUT2D eigenvalue weighted by atomic mass is 9.69. The zero-order chi connectivity index (χ0) is 30.7. The van der Waals surface area contributed by atoms with Gasteiger partial charge in [-0.3, -0.25) is 19.4 Å². The van der Waals surface area contributed by atoms with Crippen molar-refractivity contribution in [2.45, 2.75) is 90.8 Å². The van der Waals surface area contributed by atoms with Crippen LogP contribution in [0.2, 0.25) is 10.0 Å². The molecule has 1 saturated carbocycles. The topological polar surface area (TPSA) is 99.1 Å². The molecule has 0 radical (unpaired) electrons. The summed E-state index contributed by atoms with van der Waals surface area (Å²) < 4.78 is 0. The van der Waals surface area contributed by atoms with Crippen LogP contribution in [0.4, 0.5) is 0 Å². The van der Waals surface area contributed by atoms with E-state index >= 15 is 0 Å². The first-order valence-electron chi connectivity index (χ1n) is 14.8. The quantitative estimate of drug-likeness (QED) is 0.287. The highest BCUT2D eigenvalue weighted by Crippen LogP contribution is 2.50. The predicted molar refractivity (Wildman–Crippen MR) is 167 cm³/mol. The van der Waals surface area contributed by atoms with E-state index in [-0.39, 0.29) is 36.2 Å². The summed E-state index contributed by atoms with van der Waals surface area (Å²) in [4.78, 5) is 45.0. The number of aliphatic carboxylic acids is 1. The van der Waals surface area contributed by atoms with E-state index in [1.54, 1.807) is 24.3 Å². The maximum absolute atomic E-state index is 14.4. The summed E-state index contributed by atoms with van der Waals surface area (Å²) >= 11 is 12.6. The van der Waals surface area contributed by atoms with E-state index in [1.165, 1.54) is 0 Å². The van der Waals surface area contributed by atoms with Gasteiger partial charge >= 0.3 is 5.97 Å². The zero-order valence-corrected chi connectivity index (χ0v) is 26.4. The second-order valence-electron chi connectivity index (χ2n) is 12.6. The number of aliphatic imine (C=N–C) groups is 1. The Balaban J connectivity index is 1.70. The molecule has 2 aromatic carbocycles. The van der Waals surface area contributed by atoms with E-state index in [4.69, 9.17) is 33.3 Å². The lowest BCUT2D eigenvalue weighted by Gasteiger charge is -2.47. The monoisotopic (exact) mass is 613 g/mol. The van der Waals surface area contributed by atoms with Crippen molar-refractivity contribution in [3.05, 3.63) is 69.2 Å². The highest BCUT2D eigenvalue weighted by molar-refractivity contribution is 6.48. The lowest BCUT2D eigenvalue weighted by molar-refractivity contribution is -0.137. The SMILES string of the molecule is CCCCC(c1ccc(C(=O)NCCC(=O)O)cc1)N1C(=O)C(c2ccc(Cl)c(Cl)c2)=NC12CCC(C(C)(C)C)CC2. The second-order valence-corrected chi connectivity index (χ2v) is 13.4. The number of benzene rings is 2. The summed E-state index contributed by atoms with van der Waals surface area (Å²) in [5.41, 5.74) is 1.98. The molecule has 1 aliphatic carbocycles. The summed E-state index contributed by atoms with van der Waals surface area (Å²) in [6, 6.07) is 12.3. The molecule has 1 unspecified atom stereocenters. The molecule has 1 fully saturated rings. The number of carboxylic acids is 1. The van der Waals surface area contributed by atoms with Crippen LogP contribution in [0.25, 0.3) is 0 Å². The van der Waals surface area contributed by atoms with Gasteiger partial charge in [0.05, 0.1) is 22.5 Å². The molecule has 9 heteroatoms. The minimum Gasteiger partial charge on any atom is -0.481 e. The highest BCUT2D eigenvalue weighted by atomic mass is 35.5. The van der Waals surface area contributed by atoms with E-state index in [0.29, 0.717) is 32.8 Å². The van der Waals surface area contributed by atoms with Gasteiger partial charge in [0.25, 0.3) is 11.8 Å². The Bertz CT molecular complexity index is 1340. The maximum Gasteiger partial charge on any atom is 0.305 e. The molecule has 7 nitrogen and oxygen atoms in total. The number of carbonyl (C=O) groups is 3. The van der Waals surface area contributed by atoms with Crippen LogP contribution in [0.15, 0.2) is 47.5 Å². The van der Waals surface area contributed by atoms with Crippen LogP contribution >= 0.6 is 23.2 Å². The number of carbonyl (C=O) groups excluding carboxylic acids is 2. The molecule has 42 heavy (non-hydrogen) atoms. The molecule has 4 rings (SSSR count). The van der Waals surface area contributed by atoms with Gasteiger partial charge < -0.3 is 15.3 Å². The fourth-order valence-corrected chi connectivity index (χ4v) is 6.56. The smallest absolute Gasteiger partial charge is 0.305 e. The second kappa shape index (κ2) is 13.2. The summed E-state index contributed by atoms with van der Waals surface area (Å²) in [7, 11) is 0. The molecule has 2 N–H and O–H groups in total. The molecule has 0 aromatic heterocycles. The minimum atomic E-state index is -0.965. The Morgan fingerprint density at radius 1 is 1.10 bits per heavy atom. The van der Waals surface area contributed by atoms with Crippen LogP contribution in [-0.2, 0) is 9.59 Å². The molecule has 2 aliphatic rings. The summed E-state index contributed by atoms with van der Waals surface area (Å²) in [5, 5.41) is 12.3. The number of amides is 2. The highest BCUT2D eigenvalue weighted by Gasteiger charge is 2.52. The summed E-state index contributed by atoms with van der Waals surface area (Å²) in [6.07, 6.45) is 6.02. The Labute approximate surface area is 258 Å². The van der Waals surface area contributed by atoms with E-state index in [0.717, 1.165) is 50.5 Å². The van der Waals surface area contributed by atoms with Gasteiger partial charge in [0.1, 0.15) is 11.4 Å². The van der Waals surface area contributed by atoms with Crippen molar-refractivity contribution in [2.24, 2.45) is 16.3 Å². The number of unbranched alkanes of at least 4 members (excludes halogenated alkanes) is 1. The standard InChI is InChI=1S/C33H41Cl2N3O4/c1-5-6-7-27(21-8-10-22(11-9-21)30(41)36-19-16-28(39)40)38-31(42)29(23-12-13-25(34)26(35)20-23)37-33(38)17-14-24(15-18-33)32(2,3)4/h8-13,20,24,27H,5-7,14-19H2,1-4H3,(H,36,41)(H,39,40). The fourth-order valence-electron chi connectivity index (χ4n) is 6.26. The average Bonchev–Trinajstić information content (AvgIpc) is 3.21. The molecule has 0 saturated heterocycles. The number of rotatable bonds is 10. The van der Waals surface area contributed by atoms with Crippen molar-refractivity contribution < 1.29 is 19.5 Å². The molecule has 1 spiro atoms. The maximum atomic E-state index is 14.4. The molecule has 2 amide bonds. The fraction of sp³-hybridized carbons (Fsp3) is 0.515. The lowest BCUT2D eigenvalue weighted by Crippen LogP contribution is -2.51. The van der Waals surface area contributed by atoms with Crippen LogP contribution in [0.5, 0.6) is 0 Å². The molecular weight excluding hydrogens is 573 g/mol. The Morgan fingerprint density at radius 3 is 2.33 bits per heavy atom. The van der Waals surface area contributed by atoms with Gasteiger partial charge in [-0.2, -0.15) is 0 Å². The van der Waals surface area contributed by atoms with Gasteiger partial charge in [-0.05, 0) is 73.3 Å². The van der Waals surface area contributed by atoms with E-state index in [1.807, 2.05) is 23.1 Å². The number of nitrogens with zero attached hydrogens (tertiary/aromatic N) is 2. The van der Waals surface area contributed by atoms with Crippen molar-refractivity contribution >= 4 is 46.7 Å². The predicted octanol–water partition coefficient (Wildman–Crippen LogP) is 7.69. The van der Waals surface area contributed by atoms with Crippen molar-refractivity contribution in [3.8, 4) is 0 Å². The summed E-state index contributed by atoms with van der Waals surface area (Å²) in [6.45, 7) is 9.03. The van der Waals surface area contributed by atoms with E-state index in [9.17, 15) is 14.4 Å². The Morgan fingerprint density at radius 2 is 1.76 bits per heavy atom. The van der Waals surface area contributed by atoms with E-state index in [2.05, 4.69) is 33.0 Å². The molecule has 0 bridgehead atoms. The normalized spacial score (nSPS) is 21.4. The average molecular weight is 615 g/mol. The number of nitrogens with one attached hydrogen (secondary N) is 1. The molecule has 1 aliphatic heterocycles. The van der Waals surface area contributed by atoms with Gasteiger partial charge in [-0.25, -0.2) is 0 Å². The minimum absolute atomic E-state index is 0.0598. The summed E-state index contributed by atoms with van der Waals surface area (Å²) in [5.74, 6) is -0.864. The first-order valence-corrected chi connectivity index (χ1v) is 15.6. The van der Waals surface area contributed by atoms with Gasteiger partial charge in [-0.15, -0.1) is 0 Å². The van der Waals surface area contributed by atoms with E-state index < -0.39 is 11.6 Å². The molecular formula is C33H41Cl2N3O4. The zero-order valence-electron chi connectivity index (χ0n) is 24.9. The Kier molecular flexibility index (Phi) is 10.0. The number of hydrogen-bond acceptors (Lipinski definition) is 4. The van der Waals surface area contributed by atoms with Crippen LogP contribution < -0.4 is 5.32 Å². The van der Waals surface area contributed by atoms with Crippen LogP contribution in [0, 0.1) is 11.3 Å². The first-order chi connectivity index (χ1) is 19.9. The van der Waals surface area contributed by atoms with Crippen LogP contribution in [-0.4, -0.2) is 45.7 Å². The van der Waals surface area contributed by atoms with Crippen molar-refractivity contribution in [3.63, 3.8) is 0 Å². The third-order valence-corrected chi connectivity index (χ3v) is 9.46.